The van der Waals surface area contributed by atoms with Crippen molar-refractivity contribution in [1.29, 1.82) is 0 Å². The Morgan fingerprint density at radius 3 is 2.50 bits per heavy atom. The number of nitrogens with one attached hydrogen (secondary N) is 2. The zero-order valence-electron chi connectivity index (χ0n) is 17.6. The number of ether oxygens (including phenoxy) is 1. The van der Waals surface area contributed by atoms with Crippen LogP contribution in [0.15, 0.2) is 42.5 Å². The van der Waals surface area contributed by atoms with E-state index in [4.69, 9.17) is 16.3 Å². The van der Waals surface area contributed by atoms with E-state index in [-0.39, 0.29) is 24.2 Å². The maximum absolute atomic E-state index is 12.2. The molecule has 2 rings (SSSR count). The molecule has 2 aromatic carbocycles. The van der Waals surface area contributed by atoms with Gasteiger partial charge in [0.05, 0.1) is 12.4 Å². The van der Waals surface area contributed by atoms with Crippen LogP contribution in [0.2, 0.25) is 5.02 Å². The van der Waals surface area contributed by atoms with E-state index in [2.05, 4.69) is 10.0 Å². The van der Waals surface area contributed by atoms with Crippen molar-refractivity contribution in [2.75, 3.05) is 6.61 Å². The van der Waals surface area contributed by atoms with Crippen LogP contribution in [0.5, 0.6) is 5.75 Å². The fraction of sp³-hybridized carbons (Fsp3) is 0.409. The molecule has 164 valence electrons. The molecule has 30 heavy (non-hydrogen) atoms. The predicted octanol–water partition coefficient (Wildman–Crippen LogP) is 3.95. The number of benzene rings is 2. The number of halogens is 1. The van der Waals surface area contributed by atoms with Gasteiger partial charge in [-0.2, -0.15) is 0 Å². The van der Waals surface area contributed by atoms with Crippen molar-refractivity contribution in [1.82, 2.24) is 10.0 Å². The average molecular weight is 453 g/mol. The highest BCUT2D eigenvalue weighted by atomic mass is 35.5. The van der Waals surface area contributed by atoms with Crippen LogP contribution in [0.3, 0.4) is 0 Å². The second-order valence-corrected chi connectivity index (χ2v) is 9.60. The Hall–Kier alpha value is -2.09. The molecule has 2 N–H and O–H groups in total. The largest absolute Gasteiger partial charge is 0.494 e. The monoisotopic (exact) mass is 452 g/mol. The fourth-order valence-corrected chi connectivity index (χ4v) is 4.50. The number of rotatable bonds is 11. The molecular weight excluding hydrogens is 424 g/mol. The number of hydrogen-bond acceptors (Lipinski definition) is 4. The maximum Gasteiger partial charge on any atom is 0.220 e. The molecule has 0 aliphatic carbocycles. The molecule has 0 aliphatic rings. The molecule has 6 nitrogen and oxygen atoms in total. The molecule has 8 heteroatoms. The molecule has 2 aromatic rings. The summed E-state index contributed by atoms with van der Waals surface area (Å²) < 4.78 is 32.7. The zero-order chi connectivity index (χ0) is 22.1. The third-order valence-electron chi connectivity index (χ3n) is 4.30. The summed E-state index contributed by atoms with van der Waals surface area (Å²) in [5.41, 5.74) is 2.40. The van der Waals surface area contributed by atoms with Gasteiger partial charge < -0.3 is 10.1 Å². The Labute approximate surface area is 184 Å². The van der Waals surface area contributed by atoms with Crippen molar-refractivity contribution in [3.8, 4) is 5.75 Å². The molecule has 0 aliphatic heterocycles. The molecule has 0 saturated heterocycles. The van der Waals surface area contributed by atoms with E-state index in [0.29, 0.717) is 30.0 Å². The first-order valence-electron chi connectivity index (χ1n) is 9.89. The van der Waals surface area contributed by atoms with Crippen LogP contribution in [0.25, 0.3) is 0 Å². The minimum absolute atomic E-state index is 0.108. The van der Waals surface area contributed by atoms with Crippen molar-refractivity contribution in [3.63, 3.8) is 0 Å². The lowest BCUT2D eigenvalue weighted by molar-refractivity contribution is -0.121. The Balaban J connectivity index is 1.80. The van der Waals surface area contributed by atoms with Crippen molar-refractivity contribution in [2.45, 2.75) is 52.0 Å². The van der Waals surface area contributed by atoms with E-state index in [9.17, 15) is 13.2 Å². The second-order valence-electron chi connectivity index (χ2n) is 7.44. The van der Waals surface area contributed by atoms with Crippen LogP contribution in [-0.4, -0.2) is 27.0 Å². The minimum atomic E-state index is -3.43. The molecule has 0 spiro atoms. The van der Waals surface area contributed by atoms with Gasteiger partial charge in [-0.05, 0) is 62.1 Å². The molecule has 0 heterocycles. The Bertz CT molecular complexity index is 961. The highest BCUT2D eigenvalue weighted by molar-refractivity contribution is 7.88. The SMILES string of the molecule is Cc1cc(OCCCC(=O)NCc2ccccc2CS(=O)(=O)NC(C)C)ccc1Cl. The van der Waals surface area contributed by atoms with E-state index in [1.54, 1.807) is 38.1 Å². The molecule has 0 radical (unpaired) electrons. The van der Waals surface area contributed by atoms with Crippen LogP contribution < -0.4 is 14.8 Å². The number of amides is 1. The zero-order valence-corrected chi connectivity index (χ0v) is 19.1. The highest BCUT2D eigenvalue weighted by Gasteiger charge is 2.15. The van der Waals surface area contributed by atoms with Gasteiger partial charge in [0, 0.05) is 24.0 Å². The van der Waals surface area contributed by atoms with E-state index in [1.807, 2.05) is 25.1 Å². The Kier molecular flexibility index (Phi) is 9.14. The van der Waals surface area contributed by atoms with E-state index in [0.717, 1.165) is 16.9 Å². The lowest BCUT2D eigenvalue weighted by atomic mass is 10.1. The van der Waals surface area contributed by atoms with Crippen molar-refractivity contribution in [3.05, 3.63) is 64.2 Å². The number of hydrogen-bond donors (Lipinski definition) is 2. The summed E-state index contributed by atoms with van der Waals surface area (Å²) in [5.74, 6) is 0.497. The van der Waals surface area contributed by atoms with Crippen LogP contribution in [0, 0.1) is 6.92 Å². The summed E-state index contributed by atoms with van der Waals surface area (Å²) in [6, 6.07) is 12.5. The first-order chi connectivity index (χ1) is 14.2. The van der Waals surface area contributed by atoms with E-state index in [1.165, 1.54) is 0 Å². The molecule has 0 atom stereocenters. The van der Waals surface area contributed by atoms with Gasteiger partial charge in [0.15, 0.2) is 0 Å². The van der Waals surface area contributed by atoms with Crippen LogP contribution in [0.4, 0.5) is 0 Å². The number of carbonyl (C=O) groups excluding carboxylic acids is 1. The van der Waals surface area contributed by atoms with E-state index >= 15 is 0 Å². The van der Waals surface area contributed by atoms with Crippen LogP contribution in [-0.2, 0) is 27.1 Å². The normalized spacial score (nSPS) is 11.5. The smallest absolute Gasteiger partial charge is 0.220 e. The van der Waals surface area contributed by atoms with Crippen molar-refractivity contribution < 1.29 is 17.9 Å². The van der Waals surface area contributed by atoms with Gasteiger partial charge in [-0.15, -0.1) is 0 Å². The highest BCUT2D eigenvalue weighted by Crippen LogP contribution is 2.21. The Morgan fingerprint density at radius 1 is 1.13 bits per heavy atom. The van der Waals surface area contributed by atoms with Gasteiger partial charge >= 0.3 is 0 Å². The summed E-state index contributed by atoms with van der Waals surface area (Å²) in [5, 5.41) is 3.54. The van der Waals surface area contributed by atoms with Gasteiger partial charge in [-0.3, -0.25) is 4.79 Å². The molecule has 1 amide bonds. The van der Waals surface area contributed by atoms with Gasteiger partial charge in [0.2, 0.25) is 15.9 Å². The van der Waals surface area contributed by atoms with Gasteiger partial charge in [-0.1, -0.05) is 35.9 Å². The van der Waals surface area contributed by atoms with Gasteiger partial charge in [0.25, 0.3) is 0 Å². The van der Waals surface area contributed by atoms with Gasteiger partial charge in [0.1, 0.15) is 5.75 Å². The van der Waals surface area contributed by atoms with Crippen LogP contribution >= 0.6 is 11.6 Å². The van der Waals surface area contributed by atoms with Gasteiger partial charge in [-0.25, -0.2) is 13.1 Å². The quantitative estimate of drug-likeness (QED) is 0.505. The first-order valence-corrected chi connectivity index (χ1v) is 11.9. The maximum atomic E-state index is 12.2. The topological polar surface area (TPSA) is 84.5 Å². The summed E-state index contributed by atoms with van der Waals surface area (Å²) in [6.07, 6.45) is 0.893. The third kappa shape index (κ3) is 8.34. The lowest BCUT2D eigenvalue weighted by Crippen LogP contribution is -2.32. The number of aryl methyl sites for hydroxylation is 1. The number of carbonyl (C=O) groups is 1. The second kappa shape index (κ2) is 11.3. The summed E-state index contributed by atoms with van der Waals surface area (Å²) in [6.45, 7) is 6.17. The fourth-order valence-electron chi connectivity index (χ4n) is 2.89. The summed E-state index contributed by atoms with van der Waals surface area (Å²) in [7, 11) is -3.43. The Morgan fingerprint density at radius 2 is 1.83 bits per heavy atom. The molecule has 0 fully saturated rings. The van der Waals surface area contributed by atoms with E-state index < -0.39 is 10.0 Å². The van der Waals surface area contributed by atoms with Crippen LogP contribution in [0.1, 0.15) is 43.4 Å². The standard InChI is InChI=1S/C22H29ClN2O4S/c1-16(2)25-30(27,28)15-19-8-5-4-7-18(19)14-24-22(26)9-6-12-29-20-10-11-21(23)17(3)13-20/h4-5,7-8,10-11,13,16,25H,6,9,12,14-15H2,1-3H3,(H,24,26). The number of sulfonamides is 1. The molecule has 0 aromatic heterocycles. The van der Waals surface area contributed by atoms with Crippen molar-refractivity contribution >= 4 is 27.5 Å². The summed E-state index contributed by atoms with van der Waals surface area (Å²) in [4.78, 5) is 12.2. The molecule has 0 bridgehead atoms. The van der Waals surface area contributed by atoms with Crippen molar-refractivity contribution in [2.24, 2.45) is 0 Å². The lowest BCUT2D eigenvalue weighted by Gasteiger charge is -2.13. The predicted molar refractivity (Wildman–Crippen MR) is 120 cm³/mol. The molecule has 0 unspecified atom stereocenters. The summed E-state index contributed by atoms with van der Waals surface area (Å²) >= 11 is 5.99. The molecular formula is C22H29ClN2O4S. The third-order valence-corrected chi connectivity index (χ3v) is 6.25. The minimum Gasteiger partial charge on any atom is -0.494 e. The first kappa shape index (κ1) is 24.2. The molecule has 0 saturated carbocycles. The average Bonchev–Trinajstić information content (AvgIpc) is 2.66.